The highest BCUT2D eigenvalue weighted by Gasteiger charge is 2.22. The van der Waals surface area contributed by atoms with Gasteiger partial charge in [0.25, 0.3) is 0 Å². The maximum absolute atomic E-state index is 11.8. The van der Waals surface area contributed by atoms with Gasteiger partial charge < -0.3 is 10.5 Å². The number of carbonyl (C=O) groups excluding carboxylic acids is 1. The number of anilines is 1. The summed E-state index contributed by atoms with van der Waals surface area (Å²) in [6.07, 6.45) is 5.74. The molecule has 0 unspecified atom stereocenters. The van der Waals surface area contributed by atoms with Gasteiger partial charge in [0, 0.05) is 6.20 Å². The van der Waals surface area contributed by atoms with Crippen LogP contribution in [-0.2, 0) is 4.74 Å². The average Bonchev–Trinajstić information content (AvgIpc) is 2.33. The molecule has 1 aliphatic rings. The van der Waals surface area contributed by atoms with Gasteiger partial charge in [0.1, 0.15) is 11.9 Å². The van der Waals surface area contributed by atoms with Crippen molar-refractivity contribution in [2.75, 3.05) is 5.73 Å². The molecule has 0 spiro atoms. The summed E-state index contributed by atoms with van der Waals surface area (Å²) in [7, 11) is 0. The highest BCUT2D eigenvalue weighted by Crippen LogP contribution is 2.26. The number of nitrogen functional groups attached to an aromatic ring is 1. The molecule has 0 amide bonds. The summed E-state index contributed by atoms with van der Waals surface area (Å²) >= 11 is 0. The molecule has 0 radical (unpaired) electrons. The minimum absolute atomic E-state index is 0.0660. The van der Waals surface area contributed by atoms with Gasteiger partial charge in [-0.25, -0.2) is 9.78 Å². The summed E-state index contributed by atoms with van der Waals surface area (Å²) in [4.78, 5) is 15.7. The number of pyridine rings is 1. The van der Waals surface area contributed by atoms with Crippen LogP contribution in [0.4, 0.5) is 5.82 Å². The standard InChI is InChI=1S/C13H18N2O2/c1-9-2-5-11(6-3-9)17-13(16)10-4-7-12(14)15-8-10/h4,7-9,11H,2-3,5-6H2,1H3,(H2,14,15). The first kappa shape index (κ1) is 11.9. The zero-order chi connectivity index (χ0) is 12.3. The van der Waals surface area contributed by atoms with Gasteiger partial charge in [-0.1, -0.05) is 6.92 Å². The minimum Gasteiger partial charge on any atom is -0.459 e. The number of carbonyl (C=O) groups is 1. The van der Waals surface area contributed by atoms with Crippen LogP contribution in [0.2, 0.25) is 0 Å². The molecule has 4 heteroatoms. The van der Waals surface area contributed by atoms with E-state index in [0.717, 1.165) is 31.6 Å². The van der Waals surface area contributed by atoms with E-state index in [-0.39, 0.29) is 12.1 Å². The van der Waals surface area contributed by atoms with Crippen molar-refractivity contribution in [2.45, 2.75) is 38.7 Å². The largest absolute Gasteiger partial charge is 0.459 e. The maximum Gasteiger partial charge on any atom is 0.339 e. The summed E-state index contributed by atoms with van der Waals surface area (Å²) in [6.45, 7) is 2.24. The highest BCUT2D eigenvalue weighted by molar-refractivity contribution is 5.89. The molecule has 17 heavy (non-hydrogen) atoms. The van der Waals surface area contributed by atoms with Crippen LogP contribution in [0.15, 0.2) is 18.3 Å². The lowest BCUT2D eigenvalue weighted by Gasteiger charge is -2.25. The predicted octanol–water partition coefficient (Wildman–Crippen LogP) is 2.40. The van der Waals surface area contributed by atoms with E-state index in [4.69, 9.17) is 10.5 Å². The molecule has 0 atom stereocenters. The maximum atomic E-state index is 11.8. The van der Waals surface area contributed by atoms with Crippen LogP contribution in [0.5, 0.6) is 0 Å². The lowest BCUT2D eigenvalue weighted by atomic mass is 9.89. The van der Waals surface area contributed by atoms with Gasteiger partial charge in [0.15, 0.2) is 0 Å². The third-order valence-corrected chi connectivity index (χ3v) is 3.26. The predicted molar refractivity (Wildman–Crippen MR) is 65.5 cm³/mol. The van der Waals surface area contributed by atoms with E-state index in [1.54, 1.807) is 12.1 Å². The molecular formula is C13H18N2O2. The molecule has 0 aromatic carbocycles. The molecule has 1 aromatic rings. The van der Waals surface area contributed by atoms with E-state index in [1.165, 1.54) is 6.20 Å². The van der Waals surface area contributed by atoms with Crippen LogP contribution in [0.25, 0.3) is 0 Å². The van der Waals surface area contributed by atoms with Gasteiger partial charge in [-0.3, -0.25) is 0 Å². The molecule has 0 aliphatic heterocycles. The zero-order valence-electron chi connectivity index (χ0n) is 10.1. The zero-order valence-corrected chi connectivity index (χ0v) is 10.1. The third-order valence-electron chi connectivity index (χ3n) is 3.26. The molecule has 0 bridgehead atoms. The summed E-state index contributed by atoms with van der Waals surface area (Å²) in [5.74, 6) is 0.869. The normalized spacial score (nSPS) is 24.3. The molecule has 1 heterocycles. The Labute approximate surface area is 101 Å². The summed E-state index contributed by atoms with van der Waals surface area (Å²) < 4.78 is 5.45. The van der Waals surface area contributed by atoms with E-state index in [2.05, 4.69) is 11.9 Å². The first-order valence-corrected chi connectivity index (χ1v) is 6.07. The molecule has 1 saturated carbocycles. The van der Waals surface area contributed by atoms with Crippen molar-refractivity contribution in [3.63, 3.8) is 0 Å². The molecule has 4 nitrogen and oxygen atoms in total. The van der Waals surface area contributed by atoms with Crippen molar-refractivity contribution >= 4 is 11.8 Å². The van der Waals surface area contributed by atoms with Crippen LogP contribution in [-0.4, -0.2) is 17.1 Å². The molecule has 1 aliphatic carbocycles. The molecule has 1 fully saturated rings. The fourth-order valence-corrected chi connectivity index (χ4v) is 2.09. The first-order valence-electron chi connectivity index (χ1n) is 6.07. The topological polar surface area (TPSA) is 65.2 Å². The van der Waals surface area contributed by atoms with Gasteiger partial charge >= 0.3 is 5.97 Å². The summed E-state index contributed by atoms with van der Waals surface area (Å²) in [5, 5.41) is 0. The van der Waals surface area contributed by atoms with E-state index in [0.29, 0.717) is 11.4 Å². The quantitative estimate of drug-likeness (QED) is 0.798. The number of nitrogens with zero attached hydrogens (tertiary/aromatic N) is 1. The van der Waals surface area contributed by atoms with Crippen LogP contribution in [0, 0.1) is 5.92 Å². The van der Waals surface area contributed by atoms with Crippen molar-refractivity contribution in [3.05, 3.63) is 23.9 Å². The lowest BCUT2D eigenvalue weighted by Crippen LogP contribution is -2.23. The number of esters is 1. The van der Waals surface area contributed by atoms with E-state index in [1.807, 2.05) is 0 Å². The van der Waals surface area contributed by atoms with Crippen molar-refractivity contribution in [3.8, 4) is 0 Å². The molecular weight excluding hydrogens is 216 g/mol. The Morgan fingerprint density at radius 2 is 2.06 bits per heavy atom. The number of rotatable bonds is 2. The van der Waals surface area contributed by atoms with E-state index in [9.17, 15) is 4.79 Å². The number of ether oxygens (including phenoxy) is 1. The van der Waals surface area contributed by atoms with Gasteiger partial charge in [-0.15, -0.1) is 0 Å². The van der Waals surface area contributed by atoms with Gasteiger partial charge in [-0.2, -0.15) is 0 Å². The van der Waals surface area contributed by atoms with Gasteiger partial charge in [0.05, 0.1) is 5.56 Å². The fraction of sp³-hybridized carbons (Fsp3) is 0.538. The third kappa shape index (κ3) is 3.19. The monoisotopic (exact) mass is 234 g/mol. The molecule has 2 rings (SSSR count). The Balaban J connectivity index is 1.91. The smallest absolute Gasteiger partial charge is 0.339 e. The Kier molecular flexibility index (Phi) is 3.61. The van der Waals surface area contributed by atoms with E-state index < -0.39 is 0 Å². The second-order valence-corrected chi connectivity index (χ2v) is 4.76. The van der Waals surface area contributed by atoms with Crippen LogP contribution >= 0.6 is 0 Å². The second kappa shape index (κ2) is 5.17. The Morgan fingerprint density at radius 3 is 2.65 bits per heavy atom. The van der Waals surface area contributed by atoms with Crippen LogP contribution < -0.4 is 5.73 Å². The Bertz CT molecular complexity index is 381. The molecule has 2 N–H and O–H groups in total. The summed E-state index contributed by atoms with van der Waals surface area (Å²) in [6, 6.07) is 3.26. The number of nitrogens with two attached hydrogens (primary N) is 1. The average molecular weight is 234 g/mol. The fourth-order valence-electron chi connectivity index (χ4n) is 2.09. The van der Waals surface area contributed by atoms with Crippen molar-refractivity contribution in [2.24, 2.45) is 5.92 Å². The molecule has 1 aromatic heterocycles. The first-order chi connectivity index (χ1) is 8.15. The van der Waals surface area contributed by atoms with Crippen molar-refractivity contribution in [1.29, 1.82) is 0 Å². The summed E-state index contributed by atoms with van der Waals surface area (Å²) in [5.41, 5.74) is 5.93. The molecule has 0 saturated heterocycles. The lowest BCUT2D eigenvalue weighted by molar-refractivity contribution is 0.0173. The number of hydrogen-bond donors (Lipinski definition) is 1. The van der Waals surface area contributed by atoms with Gasteiger partial charge in [0.2, 0.25) is 0 Å². The SMILES string of the molecule is CC1CCC(OC(=O)c2ccc(N)nc2)CC1. The van der Waals surface area contributed by atoms with E-state index >= 15 is 0 Å². The Hall–Kier alpha value is -1.58. The van der Waals surface area contributed by atoms with Crippen LogP contribution in [0.1, 0.15) is 43.0 Å². The number of hydrogen-bond acceptors (Lipinski definition) is 4. The van der Waals surface area contributed by atoms with Crippen LogP contribution in [0.3, 0.4) is 0 Å². The van der Waals surface area contributed by atoms with Crippen molar-refractivity contribution in [1.82, 2.24) is 4.98 Å². The minimum atomic E-state index is -0.294. The molecule has 92 valence electrons. The highest BCUT2D eigenvalue weighted by atomic mass is 16.5. The Morgan fingerprint density at radius 1 is 1.35 bits per heavy atom. The van der Waals surface area contributed by atoms with Gasteiger partial charge in [-0.05, 0) is 43.7 Å². The number of aromatic nitrogens is 1. The second-order valence-electron chi connectivity index (χ2n) is 4.76. The van der Waals surface area contributed by atoms with Crippen molar-refractivity contribution < 1.29 is 9.53 Å².